The molecule has 0 aliphatic rings. The van der Waals surface area contributed by atoms with Crippen molar-refractivity contribution in [2.24, 2.45) is 0 Å². The molecule has 5 aromatic carbocycles. The Morgan fingerprint density at radius 3 is 1.21 bits per heavy atom. The number of aryl methyl sites for hydroxylation is 1. The second-order valence-corrected chi connectivity index (χ2v) is 8.75. The quantitative estimate of drug-likeness (QED) is 0.241. The fourth-order valence-electron chi connectivity index (χ4n) is 4.47. The van der Waals surface area contributed by atoms with E-state index in [0.29, 0.717) is 0 Å². The molecule has 0 spiro atoms. The van der Waals surface area contributed by atoms with Crippen LogP contribution in [0.15, 0.2) is 133 Å². The minimum atomic E-state index is 1.23. The Bertz CT molecular complexity index is 1390. The molecule has 0 N–H and O–H groups in total. The highest BCUT2D eigenvalue weighted by atomic mass is 14.1. The minimum absolute atomic E-state index is 1.23. The summed E-state index contributed by atoms with van der Waals surface area (Å²) in [5, 5.41) is 0. The van der Waals surface area contributed by atoms with Crippen LogP contribution in [0.3, 0.4) is 0 Å². The summed E-state index contributed by atoms with van der Waals surface area (Å²) in [6, 6.07) is 47.8. The lowest BCUT2D eigenvalue weighted by molar-refractivity contribution is 1.47. The highest BCUT2D eigenvalue weighted by molar-refractivity contribution is 5.98. The summed E-state index contributed by atoms with van der Waals surface area (Å²) >= 11 is 0. The van der Waals surface area contributed by atoms with E-state index in [-0.39, 0.29) is 0 Å². The molecular formula is C34H28. The van der Waals surface area contributed by atoms with Gasteiger partial charge in [0.05, 0.1) is 0 Å². The average Bonchev–Trinajstić information content (AvgIpc) is 2.91. The molecule has 0 amide bonds. The van der Waals surface area contributed by atoms with E-state index in [1.807, 2.05) is 0 Å². The van der Waals surface area contributed by atoms with Crippen LogP contribution >= 0.6 is 0 Å². The van der Waals surface area contributed by atoms with Gasteiger partial charge in [-0.05, 0) is 63.9 Å². The zero-order valence-electron chi connectivity index (χ0n) is 19.7. The summed E-state index contributed by atoms with van der Waals surface area (Å²) in [7, 11) is 0. The summed E-state index contributed by atoms with van der Waals surface area (Å²) < 4.78 is 0. The molecule has 0 saturated carbocycles. The van der Waals surface area contributed by atoms with E-state index in [2.05, 4.69) is 147 Å². The van der Waals surface area contributed by atoms with E-state index in [0.717, 1.165) is 0 Å². The molecule has 0 heteroatoms. The molecule has 0 radical (unpaired) electrons. The number of allylic oxidation sites excluding steroid dienone is 1. The van der Waals surface area contributed by atoms with Gasteiger partial charge in [-0.1, -0.05) is 139 Å². The van der Waals surface area contributed by atoms with Crippen LogP contribution in [0.4, 0.5) is 0 Å². The van der Waals surface area contributed by atoms with Gasteiger partial charge in [0.25, 0.3) is 0 Å². The van der Waals surface area contributed by atoms with E-state index >= 15 is 0 Å². The van der Waals surface area contributed by atoms with Crippen LogP contribution in [0, 0.1) is 6.92 Å². The zero-order chi connectivity index (χ0) is 23.3. The molecular weight excluding hydrogens is 408 g/mol. The van der Waals surface area contributed by atoms with Crippen LogP contribution in [-0.4, -0.2) is 0 Å². The standard InChI is InChI=1S/C34H28/c1-25-13-15-28(16-14-25)29-17-19-30(20-18-29)31-21-23-33(24-22-31)34(32-11-7-4-8-12-32)26(2)27-9-5-3-6-10-27/h3-24H,1-2H3. The highest BCUT2D eigenvalue weighted by Crippen LogP contribution is 2.33. The lowest BCUT2D eigenvalue weighted by Crippen LogP contribution is -1.93. The monoisotopic (exact) mass is 436 g/mol. The van der Waals surface area contributed by atoms with Gasteiger partial charge in [-0.2, -0.15) is 0 Å². The third kappa shape index (κ3) is 4.63. The van der Waals surface area contributed by atoms with Gasteiger partial charge < -0.3 is 0 Å². The second-order valence-electron chi connectivity index (χ2n) is 8.75. The third-order valence-electron chi connectivity index (χ3n) is 6.42. The number of rotatable bonds is 5. The Labute approximate surface area is 202 Å². The average molecular weight is 437 g/mol. The first-order valence-electron chi connectivity index (χ1n) is 11.8. The van der Waals surface area contributed by atoms with Gasteiger partial charge in [0.1, 0.15) is 0 Å². The first kappa shape index (κ1) is 21.7. The predicted molar refractivity (Wildman–Crippen MR) is 147 cm³/mol. The van der Waals surface area contributed by atoms with Crippen molar-refractivity contribution < 1.29 is 0 Å². The van der Waals surface area contributed by atoms with Crippen molar-refractivity contribution in [3.8, 4) is 22.3 Å². The topological polar surface area (TPSA) is 0 Å². The van der Waals surface area contributed by atoms with Gasteiger partial charge in [0.15, 0.2) is 0 Å². The summed E-state index contributed by atoms with van der Waals surface area (Å²) in [6.45, 7) is 4.34. The molecule has 5 rings (SSSR count). The van der Waals surface area contributed by atoms with E-state index in [1.54, 1.807) is 0 Å². The molecule has 0 bridgehead atoms. The molecule has 0 nitrogen and oxygen atoms in total. The molecule has 0 saturated heterocycles. The van der Waals surface area contributed by atoms with Gasteiger partial charge in [-0.25, -0.2) is 0 Å². The van der Waals surface area contributed by atoms with Crippen molar-refractivity contribution in [2.75, 3.05) is 0 Å². The zero-order valence-corrected chi connectivity index (χ0v) is 19.7. The van der Waals surface area contributed by atoms with E-state index < -0.39 is 0 Å². The third-order valence-corrected chi connectivity index (χ3v) is 6.42. The Morgan fingerprint density at radius 1 is 0.382 bits per heavy atom. The van der Waals surface area contributed by atoms with Crippen molar-refractivity contribution in [3.63, 3.8) is 0 Å². The van der Waals surface area contributed by atoms with E-state index in [4.69, 9.17) is 0 Å². The Kier molecular flexibility index (Phi) is 6.23. The van der Waals surface area contributed by atoms with Crippen LogP contribution in [0.1, 0.15) is 29.2 Å². The van der Waals surface area contributed by atoms with Crippen LogP contribution in [-0.2, 0) is 0 Å². The molecule has 0 aliphatic heterocycles. The summed E-state index contributed by atoms with van der Waals surface area (Å²) in [6.07, 6.45) is 0. The molecule has 0 heterocycles. The van der Waals surface area contributed by atoms with Crippen LogP contribution < -0.4 is 0 Å². The van der Waals surface area contributed by atoms with E-state index in [9.17, 15) is 0 Å². The Morgan fingerprint density at radius 2 is 0.735 bits per heavy atom. The first-order valence-corrected chi connectivity index (χ1v) is 11.8. The number of hydrogen-bond acceptors (Lipinski definition) is 0. The first-order chi connectivity index (χ1) is 16.7. The lowest BCUT2D eigenvalue weighted by atomic mass is 9.89. The second kappa shape index (κ2) is 9.77. The van der Waals surface area contributed by atoms with Gasteiger partial charge in [0, 0.05) is 0 Å². The van der Waals surface area contributed by atoms with Gasteiger partial charge in [-0.3, -0.25) is 0 Å². The Hall–Kier alpha value is -4.16. The lowest BCUT2D eigenvalue weighted by Gasteiger charge is -2.15. The van der Waals surface area contributed by atoms with Crippen LogP contribution in [0.5, 0.6) is 0 Å². The smallest absolute Gasteiger partial charge is 0.00762 e. The summed E-state index contributed by atoms with van der Waals surface area (Å²) in [5.41, 5.74) is 12.5. The predicted octanol–water partition coefficient (Wildman–Crippen LogP) is 9.31. The fourth-order valence-corrected chi connectivity index (χ4v) is 4.47. The largest absolute Gasteiger partial charge is 0.0622 e. The SMILES string of the molecule is CC(=C(c1ccccc1)c1ccc(-c2ccc(-c3ccc(C)cc3)cc2)cc1)c1ccccc1. The molecule has 0 aromatic heterocycles. The van der Waals surface area contributed by atoms with Crippen molar-refractivity contribution in [1.82, 2.24) is 0 Å². The van der Waals surface area contributed by atoms with E-state index in [1.165, 1.54) is 55.7 Å². The Balaban J connectivity index is 1.49. The van der Waals surface area contributed by atoms with Crippen molar-refractivity contribution in [3.05, 3.63) is 156 Å². The molecule has 0 atom stereocenters. The molecule has 0 aliphatic carbocycles. The molecule has 0 fully saturated rings. The van der Waals surface area contributed by atoms with Crippen LogP contribution in [0.25, 0.3) is 33.4 Å². The normalized spacial score (nSPS) is 11.7. The van der Waals surface area contributed by atoms with Crippen LogP contribution in [0.2, 0.25) is 0 Å². The van der Waals surface area contributed by atoms with Crippen molar-refractivity contribution in [2.45, 2.75) is 13.8 Å². The maximum Gasteiger partial charge on any atom is -0.00762 e. The van der Waals surface area contributed by atoms with Crippen molar-refractivity contribution in [1.29, 1.82) is 0 Å². The summed E-state index contributed by atoms with van der Waals surface area (Å²) in [4.78, 5) is 0. The van der Waals surface area contributed by atoms with Gasteiger partial charge >= 0.3 is 0 Å². The van der Waals surface area contributed by atoms with Gasteiger partial charge in [0.2, 0.25) is 0 Å². The molecule has 34 heavy (non-hydrogen) atoms. The van der Waals surface area contributed by atoms with Gasteiger partial charge in [-0.15, -0.1) is 0 Å². The van der Waals surface area contributed by atoms with Crippen molar-refractivity contribution >= 4 is 11.1 Å². The maximum atomic E-state index is 2.25. The molecule has 0 unspecified atom stereocenters. The minimum Gasteiger partial charge on any atom is -0.0622 e. The highest BCUT2D eigenvalue weighted by Gasteiger charge is 2.11. The summed E-state index contributed by atoms with van der Waals surface area (Å²) in [5.74, 6) is 0. The molecule has 5 aromatic rings. The fraction of sp³-hybridized carbons (Fsp3) is 0.0588. The molecule has 164 valence electrons. The number of hydrogen-bond donors (Lipinski definition) is 0. The number of benzene rings is 5. The maximum absolute atomic E-state index is 2.25.